The van der Waals surface area contributed by atoms with Crippen molar-refractivity contribution in [2.75, 3.05) is 13.2 Å². The molecule has 5 nitrogen and oxygen atoms in total. The molecule has 0 saturated heterocycles. The van der Waals surface area contributed by atoms with Crippen LogP contribution in [0.2, 0.25) is 5.02 Å². The number of hydrogen-bond donors (Lipinski definition) is 0. The zero-order valence-corrected chi connectivity index (χ0v) is 15.2. The molecule has 128 valence electrons. The Labute approximate surface area is 151 Å². The van der Waals surface area contributed by atoms with E-state index >= 15 is 0 Å². The zero-order valence-electron chi connectivity index (χ0n) is 12.0. The van der Waals surface area contributed by atoms with Crippen molar-refractivity contribution in [2.45, 2.75) is 11.0 Å². The van der Waals surface area contributed by atoms with Crippen LogP contribution in [0, 0.1) is 5.82 Å². The van der Waals surface area contributed by atoms with Crippen LogP contribution in [0.1, 0.15) is 0 Å². The molecule has 0 fully saturated rings. The Morgan fingerprint density at radius 1 is 1.29 bits per heavy atom. The molecule has 0 amide bonds. The highest BCUT2D eigenvalue weighted by Gasteiger charge is 2.26. The fourth-order valence-corrected chi connectivity index (χ4v) is 3.52. The molecule has 2 aromatic carbocycles. The first-order valence-electron chi connectivity index (χ1n) is 6.78. The van der Waals surface area contributed by atoms with E-state index in [4.69, 9.17) is 25.3 Å². The molecule has 24 heavy (non-hydrogen) atoms. The Bertz CT molecular complexity index is 857. The Kier molecular flexibility index (Phi) is 5.00. The summed E-state index contributed by atoms with van der Waals surface area (Å²) in [5.41, 5.74) is 0. The number of benzene rings is 2. The summed E-state index contributed by atoms with van der Waals surface area (Å²) in [4.78, 5) is 0.0249. The van der Waals surface area contributed by atoms with Crippen LogP contribution in [-0.4, -0.2) is 27.7 Å². The van der Waals surface area contributed by atoms with E-state index in [0.29, 0.717) is 0 Å². The van der Waals surface area contributed by atoms with Crippen molar-refractivity contribution in [3.05, 3.63) is 51.7 Å². The second-order valence-corrected chi connectivity index (χ2v) is 7.90. The van der Waals surface area contributed by atoms with Gasteiger partial charge in [0.25, 0.3) is 10.1 Å². The molecule has 2 aromatic rings. The lowest BCUT2D eigenvalue weighted by atomic mass is 10.2. The van der Waals surface area contributed by atoms with Gasteiger partial charge in [-0.1, -0.05) is 27.5 Å². The van der Waals surface area contributed by atoms with E-state index in [9.17, 15) is 12.8 Å². The molecule has 0 radical (unpaired) electrons. The summed E-state index contributed by atoms with van der Waals surface area (Å²) < 4.78 is 54.3. The molecule has 0 spiro atoms. The van der Waals surface area contributed by atoms with E-state index in [0.717, 1.165) is 16.6 Å². The number of fused-ring (bicyclic) bond motifs is 1. The predicted octanol–water partition coefficient (Wildman–Crippen LogP) is 3.79. The van der Waals surface area contributed by atoms with E-state index in [1.165, 1.54) is 12.1 Å². The summed E-state index contributed by atoms with van der Waals surface area (Å²) >= 11 is 9.09. The molecule has 0 aliphatic carbocycles. The fraction of sp³-hybridized carbons (Fsp3) is 0.200. The molecule has 9 heteroatoms. The van der Waals surface area contributed by atoms with Crippen LogP contribution in [0.4, 0.5) is 4.39 Å². The SMILES string of the molecule is O=S(=O)(OC[C@H]1COc2c(Cl)cc(F)cc2O1)c1ccc(Br)cc1. The smallest absolute Gasteiger partial charge is 0.297 e. The van der Waals surface area contributed by atoms with Gasteiger partial charge in [0, 0.05) is 10.5 Å². The molecular weight excluding hydrogens is 427 g/mol. The molecule has 3 rings (SSSR count). The fourth-order valence-electron chi connectivity index (χ4n) is 2.07. The average molecular weight is 438 g/mol. The minimum Gasteiger partial charge on any atom is -0.484 e. The molecule has 0 bridgehead atoms. The summed E-state index contributed by atoms with van der Waals surface area (Å²) in [5, 5.41) is 0.0897. The third kappa shape index (κ3) is 3.83. The third-order valence-corrected chi connectivity index (χ3v) is 5.30. The van der Waals surface area contributed by atoms with Gasteiger partial charge in [-0.25, -0.2) is 4.39 Å². The van der Waals surface area contributed by atoms with Gasteiger partial charge in [-0.3, -0.25) is 4.18 Å². The number of rotatable bonds is 4. The topological polar surface area (TPSA) is 61.8 Å². The van der Waals surface area contributed by atoms with E-state index in [-0.39, 0.29) is 34.6 Å². The van der Waals surface area contributed by atoms with Crippen molar-refractivity contribution in [1.82, 2.24) is 0 Å². The Morgan fingerprint density at radius 2 is 2.00 bits per heavy atom. The Hall–Kier alpha value is -1.35. The minimum atomic E-state index is -3.93. The van der Waals surface area contributed by atoms with Crippen molar-refractivity contribution in [1.29, 1.82) is 0 Å². The highest BCUT2D eigenvalue weighted by Crippen LogP contribution is 2.39. The second-order valence-electron chi connectivity index (χ2n) is 4.96. The van der Waals surface area contributed by atoms with Crippen molar-refractivity contribution < 1.29 is 26.5 Å². The minimum absolute atomic E-state index is 0.0249. The van der Waals surface area contributed by atoms with E-state index < -0.39 is 22.0 Å². The molecule has 0 aromatic heterocycles. The van der Waals surface area contributed by atoms with Gasteiger partial charge in [-0.05, 0) is 30.3 Å². The summed E-state index contributed by atoms with van der Waals surface area (Å²) in [5.74, 6) is -0.239. The summed E-state index contributed by atoms with van der Waals surface area (Å²) in [6.45, 7) is -0.236. The first-order valence-corrected chi connectivity index (χ1v) is 9.36. The normalized spacial score (nSPS) is 16.9. The van der Waals surface area contributed by atoms with Gasteiger partial charge in [-0.15, -0.1) is 0 Å². The van der Waals surface area contributed by atoms with Gasteiger partial charge >= 0.3 is 0 Å². The van der Waals surface area contributed by atoms with Crippen LogP contribution in [0.3, 0.4) is 0 Å². The lowest BCUT2D eigenvalue weighted by molar-refractivity contribution is 0.0551. The van der Waals surface area contributed by atoms with Crippen LogP contribution in [0.5, 0.6) is 11.5 Å². The van der Waals surface area contributed by atoms with Crippen LogP contribution >= 0.6 is 27.5 Å². The molecule has 0 unspecified atom stereocenters. The highest BCUT2D eigenvalue weighted by molar-refractivity contribution is 9.10. The number of hydrogen-bond acceptors (Lipinski definition) is 5. The van der Waals surface area contributed by atoms with Crippen molar-refractivity contribution in [3.63, 3.8) is 0 Å². The first kappa shape index (κ1) is 17.5. The molecule has 1 aliphatic heterocycles. The van der Waals surface area contributed by atoms with Crippen LogP contribution < -0.4 is 9.47 Å². The molecule has 1 aliphatic rings. The van der Waals surface area contributed by atoms with Gasteiger partial charge < -0.3 is 9.47 Å². The quantitative estimate of drug-likeness (QED) is 0.681. The van der Waals surface area contributed by atoms with Crippen LogP contribution in [0.15, 0.2) is 45.8 Å². The van der Waals surface area contributed by atoms with Gasteiger partial charge in [0.1, 0.15) is 19.0 Å². The molecule has 0 saturated carbocycles. The molecule has 1 heterocycles. The van der Waals surface area contributed by atoms with Gasteiger partial charge in [0.05, 0.1) is 9.92 Å². The maximum absolute atomic E-state index is 13.4. The first-order chi connectivity index (χ1) is 11.3. The van der Waals surface area contributed by atoms with Crippen molar-refractivity contribution >= 4 is 37.6 Å². The maximum atomic E-state index is 13.4. The van der Waals surface area contributed by atoms with E-state index in [1.807, 2.05) is 0 Å². The maximum Gasteiger partial charge on any atom is 0.297 e. The largest absolute Gasteiger partial charge is 0.484 e. The molecule has 1 atom stereocenters. The standard InChI is InChI=1S/C15H11BrClFO5S/c16-9-1-3-12(4-2-9)24(19,20)22-8-11-7-21-15-13(17)5-10(18)6-14(15)23-11/h1-6,11H,7-8H2/t11-/m1/s1. The summed E-state index contributed by atoms with van der Waals surface area (Å²) in [6, 6.07) is 8.26. The van der Waals surface area contributed by atoms with Crippen LogP contribution in [0.25, 0.3) is 0 Å². The zero-order chi connectivity index (χ0) is 17.3. The van der Waals surface area contributed by atoms with Crippen molar-refractivity contribution in [3.8, 4) is 11.5 Å². The van der Waals surface area contributed by atoms with Gasteiger partial charge in [0.2, 0.25) is 0 Å². The van der Waals surface area contributed by atoms with Crippen LogP contribution in [-0.2, 0) is 14.3 Å². The third-order valence-electron chi connectivity index (χ3n) is 3.19. The highest BCUT2D eigenvalue weighted by atomic mass is 79.9. The number of ether oxygens (including phenoxy) is 2. The number of halogens is 3. The lowest BCUT2D eigenvalue weighted by Gasteiger charge is -2.26. The summed E-state index contributed by atoms with van der Waals surface area (Å²) in [6.07, 6.45) is -0.708. The van der Waals surface area contributed by atoms with E-state index in [2.05, 4.69) is 15.9 Å². The Morgan fingerprint density at radius 3 is 2.71 bits per heavy atom. The van der Waals surface area contributed by atoms with Gasteiger partial charge in [0.15, 0.2) is 17.6 Å². The Balaban J connectivity index is 1.68. The average Bonchev–Trinajstić information content (AvgIpc) is 2.53. The molecular formula is C15H11BrClFO5S. The lowest BCUT2D eigenvalue weighted by Crippen LogP contribution is -2.34. The summed E-state index contributed by atoms with van der Waals surface area (Å²) in [7, 11) is -3.93. The van der Waals surface area contributed by atoms with Gasteiger partial charge in [-0.2, -0.15) is 8.42 Å². The van der Waals surface area contributed by atoms with E-state index in [1.54, 1.807) is 12.1 Å². The second kappa shape index (κ2) is 6.87. The molecule has 0 N–H and O–H groups in total. The monoisotopic (exact) mass is 436 g/mol. The van der Waals surface area contributed by atoms with Crippen molar-refractivity contribution in [2.24, 2.45) is 0 Å². The predicted molar refractivity (Wildman–Crippen MR) is 88.6 cm³/mol.